The first-order valence-electron chi connectivity index (χ1n) is 7.41. The third-order valence-electron chi connectivity index (χ3n) is 3.88. The predicted molar refractivity (Wildman–Crippen MR) is 84.2 cm³/mol. The molecule has 1 rings (SSSR count). The fraction of sp³-hybridized carbons (Fsp3) is 0.529. The highest BCUT2D eigenvalue weighted by molar-refractivity contribution is 5.66. The van der Waals surface area contributed by atoms with Crippen LogP contribution >= 0.6 is 0 Å². The van der Waals surface area contributed by atoms with E-state index in [1.165, 1.54) is 0 Å². The topological polar surface area (TPSA) is 73.1 Å². The first-order valence-corrected chi connectivity index (χ1v) is 7.41. The van der Waals surface area contributed by atoms with Gasteiger partial charge in [0.2, 0.25) is 0 Å². The van der Waals surface area contributed by atoms with Gasteiger partial charge in [-0.15, -0.1) is 0 Å². The van der Waals surface area contributed by atoms with Crippen molar-refractivity contribution in [3.63, 3.8) is 0 Å². The summed E-state index contributed by atoms with van der Waals surface area (Å²) in [5.74, 6) is 0.0980. The summed E-state index contributed by atoms with van der Waals surface area (Å²) < 4.78 is 0. The summed E-state index contributed by atoms with van der Waals surface area (Å²) >= 11 is 0. The smallest absolute Gasteiger partial charge is 0.303 e. The molecule has 114 valence electrons. The van der Waals surface area contributed by atoms with Gasteiger partial charge in [-0.25, -0.2) is 0 Å². The Labute approximate surface area is 126 Å². The highest BCUT2D eigenvalue weighted by Crippen LogP contribution is 2.23. The second-order valence-electron chi connectivity index (χ2n) is 5.76. The maximum atomic E-state index is 10.7. The number of nitrogens with one attached hydrogen (secondary N) is 1. The molecule has 2 N–H and O–H groups in total. The summed E-state index contributed by atoms with van der Waals surface area (Å²) in [5, 5.41) is 21.3. The molecule has 0 bridgehead atoms. The number of benzene rings is 1. The lowest BCUT2D eigenvalue weighted by Gasteiger charge is -2.21. The average Bonchev–Trinajstić information content (AvgIpc) is 2.43. The van der Waals surface area contributed by atoms with Gasteiger partial charge in [0, 0.05) is 13.0 Å². The number of anilines is 1. The highest BCUT2D eigenvalue weighted by atomic mass is 16.4. The molecule has 1 aromatic rings. The van der Waals surface area contributed by atoms with Crippen molar-refractivity contribution in [2.75, 3.05) is 11.9 Å². The minimum atomic E-state index is -0.737. The number of hydrogen-bond donors (Lipinski definition) is 2. The molecule has 0 radical (unpaired) electrons. The average molecular weight is 288 g/mol. The highest BCUT2D eigenvalue weighted by Gasteiger charge is 2.15. The largest absolute Gasteiger partial charge is 0.481 e. The van der Waals surface area contributed by atoms with Gasteiger partial charge in [0.15, 0.2) is 0 Å². The van der Waals surface area contributed by atoms with Gasteiger partial charge < -0.3 is 10.4 Å². The van der Waals surface area contributed by atoms with Crippen molar-refractivity contribution >= 4 is 11.7 Å². The van der Waals surface area contributed by atoms with Gasteiger partial charge in [-0.3, -0.25) is 4.79 Å². The van der Waals surface area contributed by atoms with Crippen LogP contribution in [0.4, 0.5) is 5.69 Å². The van der Waals surface area contributed by atoms with Gasteiger partial charge >= 0.3 is 5.97 Å². The predicted octanol–water partition coefficient (Wildman–Crippen LogP) is 3.81. The van der Waals surface area contributed by atoms with E-state index in [0.29, 0.717) is 23.8 Å². The number of carboxylic acids is 1. The first kappa shape index (κ1) is 17.0. The van der Waals surface area contributed by atoms with Crippen molar-refractivity contribution < 1.29 is 9.90 Å². The Morgan fingerprint density at radius 3 is 2.67 bits per heavy atom. The van der Waals surface area contributed by atoms with Crippen molar-refractivity contribution in [1.29, 1.82) is 5.26 Å². The standard InChI is InChI=1S/C17H24N2O2/c1-12(2)14(7-8-16(20)21)9-10-19-17-13(3)5-4-6-15(17)11-18/h4-6,12,14,19H,7-10H2,1-3H3,(H,20,21). The van der Waals surface area contributed by atoms with E-state index in [-0.39, 0.29) is 6.42 Å². The van der Waals surface area contributed by atoms with Crippen molar-refractivity contribution in [2.45, 2.75) is 40.0 Å². The number of carboxylic acid groups (broad SMARTS) is 1. The summed E-state index contributed by atoms with van der Waals surface area (Å²) in [6.07, 6.45) is 1.83. The molecule has 1 aromatic carbocycles. The molecule has 1 unspecified atom stereocenters. The number of nitrogens with zero attached hydrogens (tertiary/aromatic N) is 1. The van der Waals surface area contributed by atoms with Gasteiger partial charge in [0.25, 0.3) is 0 Å². The Bertz CT molecular complexity index is 518. The van der Waals surface area contributed by atoms with Crippen LogP contribution in [-0.4, -0.2) is 17.6 Å². The molecule has 0 amide bonds. The van der Waals surface area contributed by atoms with Crippen molar-refractivity contribution in [1.82, 2.24) is 0 Å². The fourth-order valence-electron chi connectivity index (χ4n) is 2.50. The minimum Gasteiger partial charge on any atom is -0.481 e. The molecule has 0 heterocycles. The van der Waals surface area contributed by atoms with E-state index in [1.807, 2.05) is 19.1 Å². The Balaban J connectivity index is 2.59. The Kier molecular flexibility index (Phi) is 6.74. The van der Waals surface area contributed by atoms with Crippen LogP contribution in [0.5, 0.6) is 0 Å². The maximum absolute atomic E-state index is 10.7. The summed E-state index contributed by atoms with van der Waals surface area (Å²) in [6, 6.07) is 7.86. The van der Waals surface area contributed by atoms with Crippen LogP contribution < -0.4 is 5.32 Å². The van der Waals surface area contributed by atoms with Crippen molar-refractivity contribution in [3.8, 4) is 6.07 Å². The van der Waals surface area contributed by atoms with E-state index >= 15 is 0 Å². The van der Waals surface area contributed by atoms with E-state index in [9.17, 15) is 4.79 Å². The number of rotatable bonds is 8. The molecule has 1 atom stereocenters. The second-order valence-corrected chi connectivity index (χ2v) is 5.76. The zero-order valence-corrected chi connectivity index (χ0v) is 13.0. The number of para-hydroxylation sites is 1. The first-order chi connectivity index (χ1) is 9.95. The molecule has 0 aliphatic heterocycles. The van der Waals surface area contributed by atoms with Crippen molar-refractivity contribution in [2.24, 2.45) is 11.8 Å². The van der Waals surface area contributed by atoms with Crippen LogP contribution in [0.15, 0.2) is 18.2 Å². The lowest BCUT2D eigenvalue weighted by molar-refractivity contribution is -0.137. The molecule has 0 saturated heterocycles. The lowest BCUT2D eigenvalue weighted by atomic mass is 9.88. The molecule has 21 heavy (non-hydrogen) atoms. The molecule has 0 fully saturated rings. The maximum Gasteiger partial charge on any atom is 0.303 e. The quantitative estimate of drug-likeness (QED) is 0.763. The molecular weight excluding hydrogens is 264 g/mol. The van der Waals surface area contributed by atoms with Crippen LogP contribution in [0, 0.1) is 30.1 Å². The van der Waals surface area contributed by atoms with Crippen LogP contribution in [0.1, 0.15) is 44.2 Å². The van der Waals surface area contributed by atoms with Gasteiger partial charge in [0.05, 0.1) is 11.3 Å². The number of nitriles is 1. The molecule has 0 aliphatic carbocycles. The van der Waals surface area contributed by atoms with E-state index in [2.05, 4.69) is 25.2 Å². The second kappa shape index (κ2) is 8.31. The van der Waals surface area contributed by atoms with E-state index in [4.69, 9.17) is 10.4 Å². The van der Waals surface area contributed by atoms with Gasteiger partial charge in [-0.05, 0) is 43.2 Å². The van der Waals surface area contributed by atoms with E-state index in [0.717, 1.165) is 24.2 Å². The summed E-state index contributed by atoms with van der Waals surface area (Å²) in [6.45, 7) is 6.98. The minimum absolute atomic E-state index is 0.219. The number of hydrogen-bond acceptors (Lipinski definition) is 3. The number of aryl methyl sites for hydroxylation is 1. The van der Waals surface area contributed by atoms with E-state index in [1.54, 1.807) is 6.07 Å². The lowest BCUT2D eigenvalue weighted by Crippen LogP contribution is -2.16. The molecule has 0 spiro atoms. The van der Waals surface area contributed by atoms with Crippen molar-refractivity contribution in [3.05, 3.63) is 29.3 Å². The molecule has 0 saturated carbocycles. The number of carbonyl (C=O) groups is 1. The van der Waals surface area contributed by atoms with Crippen LogP contribution in [0.2, 0.25) is 0 Å². The zero-order valence-electron chi connectivity index (χ0n) is 13.0. The molecular formula is C17H24N2O2. The third kappa shape index (κ3) is 5.47. The zero-order chi connectivity index (χ0) is 15.8. The van der Waals surface area contributed by atoms with Gasteiger partial charge in [0.1, 0.15) is 6.07 Å². The Morgan fingerprint density at radius 1 is 1.38 bits per heavy atom. The SMILES string of the molecule is Cc1cccc(C#N)c1NCCC(CCC(=O)O)C(C)C. The molecule has 4 heteroatoms. The monoisotopic (exact) mass is 288 g/mol. The van der Waals surface area contributed by atoms with Crippen LogP contribution in [0.25, 0.3) is 0 Å². The van der Waals surface area contributed by atoms with Gasteiger partial charge in [-0.1, -0.05) is 26.0 Å². The van der Waals surface area contributed by atoms with E-state index < -0.39 is 5.97 Å². The number of aliphatic carboxylic acids is 1. The normalized spacial score (nSPS) is 12.0. The van der Waals surface area contributed by atoms with Gasteiger partial charge in [-0.2, -0.15) is 5.26 Å². The molecule has 0 aromatic heterocycles. The Hall–Kier alpha value is -2.02. The summed E-state index contributed by atoms with van der Waals surface area (Å²) in [7, 11) is 0. The van der Waals surface area contributed by atoms with Crippen LogP contribution in [-0.2, 0) is 4.79 Å². The summed E-state index contributed by atoms with van der Waals surface area (Å²) in [4.78, 5) is 10.7. The molecule has 0 aliphatic rings. The van der Waals surface area contributed by atoms with Crippen LogP contribution in [0.3, 0.4) is 0 Å². The Morgan fingerprint density at radius 2 is 2.10 bits per heavy atom. The summed E-state index contributed by atoms with van der Waals surface area (Å²) in [5.41, 5.74) is 2.60. The molecule has 4 nitrogen and oxygen atoms in total. The third-order valence-corrected chi connectivity index (χ3v) is 3.88. The fourth-order valence-corrected chi connectivity index (χ4v) is 2.50.